The summed E-state index contributed by atoms with van der Waals surface area (Å²) in [5, 5.41) is 12.5. The molecule has 24 heavy (non-hydrogen) atoms. The van der Waals surface area contributed by atoms with Gasteiger partial charge in [0.2, 0.25) is 5.91 Å². The third kappa shape index (κ3) is 4.84. The van der Waals surface area contributed by atoms with Crippen molar-refractivity contribution in [3.05, 3.63) is 24.2 Å². The molecule has 1 aromatic heterocycles. The number of nitrogens with zero attached hydrogens (tertiary/aromatic N) is 1. The van der Waals surface area contributed by atoms with Crippen LogP contribution >= 0.6 is 0 Å². The van der Waals surface area contributed by atoms with Crippen molar-refractivity contribution in [2.45, 2.75) is 58.5 Å². The molecule has 0 bridgehead atoms. The maximum Gasteiger partial charge on any atom is 0.290 e. The minimum atomic E-state index is -0.509. The molecule has 2 unspecified atom stereocenters. The summed E-state index contributed by atoms with van der Waals surface area (Å²) in [6, 6.07) is 2.46. The number of aliphatic hydroxyl groups is 1. The van der Waals surface area contributed by atoms with Crippen LogP contribution in [0.3, 0.4) is 0 Å². The number of rotatable bonds is 5. The molecule has 0 radical (unpaired) electrons. The molecule has 0 saturated carbocycles. The predicted octanol–water partition coefficient (Wildman–Crippen LogP) is 2.19. The third-order valence-corrected chi connectivity index (χ3v) is 4.22. The summed E-state index contributed by atoms with van der Waals surface area (Å²) in [4.78, 5) is 26.8. The Morgan fingerprint density at radius 3 is 2.75 bits per heavy atom. The fourth-order valence-electron chi connectivity index (χ4n) is 3.19. The number of hydrogen-bond acceptors (Lipinski definition) is 4. The van der Waals surface area contributed by atoms with Gasteiger partial charge in [-0.2, -0.15) is 0 Å². The van der Waals surface area contributed by atoms with Crippen LogP contribution in [0.5, 0.6) is 0 Å². The van der Waals surface area contributed by atoms with Gasteiger partial charge < -0.3 is 19.7 Å². The fraction of sp³-hybridized carbons (Fsp3) is 0.667. The van der Waals surface area contributed by atoms with Crippen LogP contribution in [0, 0.1) is 5.41 Å². The Morgan fingerprint density at radius 1 is 1.42 bits per heavy atom. The molecule has 2 rings (SSSR count). The summed E-state index contributed by atoms with van der Waals surface area (Å²) in [5.74, 6) is -0.197. The van der Waals surface area contributed by atoms with Crippen LogP contribution in [0.25, 0.3) is 0 Å². The van der Waals surface area contributed by atoms with E-state index in [2.05, 4.69) is 26.1 Å². The maximum absolute atomic E-state index is 12.7. The Hall–Kier alpha value is -1.82. The second-order valence-electron chi connectivity index (χ2n) is 7.64. The highest BCUT2D eigenvalue weighted by Crippen LogP contribution is 2.23. The molecular formula is C18H28N2O4. The van der Waals surface area contributed by atoms with Gasteiger partial charge in [-0.3, -0.25) is 9.59 Å². The van der Waals surface area contributed by atoms with Gasteiger partial charge in [0.25, 0.3) is 5.91 Å². The monoisotopic (exact) mass is 336 g/mol. The van der Waals surface area contributed by atoms with Gasteiger partial charge in [-0.1, -0.05) is 20.8 Å². The minimum absolute atomic E-state index is 0.00306. The first-order valence-electron chi connectivity index (χ1n) is 8.57. The maximum atomic E-state index is 12.7. The van der Waals surface area contributed by atoms with E-state index in [9.17, 15) is 14.7 Å². The van der Waals surface area contributed by atoms with Crippen LogP contribution in [0.4, 0.5) is 0 Å². The number of nitrogens with one attached hydrogen (secondary N) is 1. The predicted molar refractivity (Wildman–Crippen MR) is 90.5 cm³/mol. The van der Waals surface area contributed by atoms with Crippen molar-refractivity contribution in [1.29, 1.82) is 0 Å². The highest BCUT2D eigenvalue weighted by Gasteiger charge is 2.34. The van der Waals surface area contributed by atoms with Gasteiger partial charge in [0.15, 0.2) is 5.76 Å². The number of furan rings is 1. The van der Waals surface area contributed by atoms with Gasteiger partial charge in [-0.05, 0) is 43.2 Å². The second kappa shape index (κ2) is 7.83. The lowest BCUT2D eigenvalue weighted by molar-refractivity contribution is -0.127. The summed E-state index contributed by atoms with van der Waals surface area (Å²) >= 11 is 0. The number of aliphatic hydroxyl groups excluding tert-OH is 1. The average Bonchev–Trinajstić information content (AvgIpc) is 3.06. The molecule has 6 heteroatoms. The van der Waals surface area contributed by atoms with Gasteiger partial charge >= 0.3 is 0 Å². The van der Waals surface area contributed by atoms with Gasteiger partial charge in [0.1, 0.15) is 6.04 Å². The van der Waals surface area contributed by atoms with Crippen LogP contribution in [0.1, 0.15) is 57.0 Å². The van der Waals surface area contributed by atoms with Gasteiger partial charge in [0.05, 0.1) is 18.9 Å². The number of carbonyl (C=O) groups excluding carboxylic acids is 2. The van der Waals surface area contributed by atoms with Crippen molar-refractivity contribution >= 4 is 11.8 Å². The summed E-state index contributed by atoms with van der Waals surface area (Å²) in [6.45, 7) is 6.63. The number of amides is 2. The molecule has 1 aliphatic heterocycles. The van der Waals surface area contributed by atoms with E-state index in [1.165, 1.54) is 6.26 Å². The molecule has 0 aromatic carbocycles. The molecule has 0 aliphatic carbocycles. The number of likely N-dealkylation sites (tertiary alicyclic amines) is 1. The van der Waals surface area contributed by atoms with Crippen LogP contribution in [-0.2, 0) is 4.79 Å². The standard InChI is InChI=1S/C18H28N2O4/c1-18(2,3)11-13(12-21)19-16(22)14-7-4-5-9-20(14)17(23)15-8-6-10-24-15/h6,8,10,13-14,21H,4-5,7,9,11-12H2,1-3H3,(H,19,22). The lowest BCUT2D eigenvalue weighted by atomic mass is 9.88. The zero-order chi connectivity index (χ0) is 17.7. The lowest BCUT2D eigenvalue weighted by Crippen LogP contribution is -2.54. The largest absolute Gasteiger partial charge is 0.459 e. The van der Waals surface area contributed by atoms with Crippen LogP contribution in [-0.4, -0.2) is 47.1 Å². The molecule has 1 fully saturated rings. The van der Waals surface area contributed by atoms with Crippen LogP contribution in [0.15, 0.2) is 22.8 Å². The van der Waals surface area contributed by atoms with Crippen molar-refractivity contribution in [2.75, 3.05) is 13.2 Å². The van der Waals surface area contributed by atoms with Gasteiger partial charge in [0, 0.05) is 6.54 Å². The first kappa shape index (κ1) is 18.5. The van der Waals surface area contributed by atoms with E-state index in [0.29, 0.717) is 19.4 Å². The van der Waals surface area contributed by atoms with E-state index in [4.69, 9.17) is 4.42 Å². The molecule has 2 heterocycles. The summed E-state index contributed by atoms with van der Waals surface area (Å²) in [6.07, 6.45) is 4.54. The zero-order valence-electron chi connectivity index (χ0n) is 14.7. The van der Waals surface area contributed by atoms with Crippen molar-refractivity contribution in [1.82, 2.24) is 10.2 Å². The SMILES string of the molecule is CC(C)(C)CC(CO)NC(=O)C1CCCCN1C(=O)c1ccco1. The molecule has 0 spiro atoms. The Morgan fingerprint density at radius 2 is 2.17 bits per heavy atom. The first-order valence-corrected chi connectivity index (χ1v) is 8.57. The highest BCUT2D eigenvalue weighted by atomic mass is 16.3. The van der Waals surface area contributed by atoms with E-state index in [1.54, 1.807) is 17.0 Å². The van der Waals surface area contributed by atoms with Gasteiger partial charge in [-0.25, -0.2) is 0 Å². The van der Waals surface area contributed by atoms with Gasteiger partial charge in [-0.15, -0.1) is 0 Å². The van der Waals surface area contributed by atoms with E-state index in [1.807, 2.05) is 0 Å². The molecular weight excluding hydrogens is 308 g/mol. The molecule has 6 nitrogen and oxygen atoms in total. The summed E-state index contributed by atoms with van der Waals surface area (Å²) in [7, 11) is 0. The van der Waals surface area contributed by atoms with E-state index in [-0.39, 0.29) is 35.6 Å². The fourth-order valence-corrected chi connectivity index (χ4v) is 3.19. The molecule has 1 saturated heterocycles. The Bertz CT molecular complexity index is 548. The lowest BCUT2D eigenvalue weighted by Gasteiger charge is -2.35. The summed E-state index contributed by atoms with van der Waals surface area (Å²) in [5.41, 5.74) is -0.00306. The van der Waals surface area contributed by atoms with Crippen LogP contribution in [0.2, 0.25) is 0 Å². The quantitative estimate of drug-likeness (QED) is 0.863. The van der Waals surface area contributed by atoms with Crippen molar-refractivity contribution in [3.63, 3.8) is 0 Å². The summed E-state index contributed by atoms with van der Waals surface area (Å²) < 4.78 is 5.18. The smallest absolute Gasteiger partial charge is 0.290 e. The second-order valence-corrected chi connectivity index (χ2v) is 7.64. The third-order valence-electron chi connectivity index (χ3n) is 4.22. The van der Waals surface area contributed by atoms with E-state index in [0.717, 1.165) is 12.8 Å². The van der Waals surface area contributed by atoms with Crippen LogP contribution < -0.4 is 5.32 Å². The molecule has 2 N–H and O–H groups in total. The average molecular weight is 336 g/mol. The molecule has 2 atom stereocenters. The van der Waals surface area contributed by atoms with Crippen molar-refractivity contribution in [2.24, 2.45) is 5.41 Å². The van der Waals surface area contributed by atoms with E-state index >= 15 is 0 Å². The molecule has 1 aromatic rings. The molecule has 1 aliphatic rings. The normalized spacial score (nSPS) is 19.8. The number of hydrogen-bond donors (Lipinski definition) is 2. The van der Waals surface area contributed by atoms with Crippen molar-refractivity contribution < 1.29 is 19.1 Å². The Balaban J connectivity index is 2.06. The Kier molecular flexibility index (Phi) is 6.04. The van der Waals surface area contributed by atoms with Crippen molar-refractivity contribution in [3.8, 4) is 0 Å². The minimum Gasteiger partial charge on any atom is -0.459 e. The number of piperidine rings is 1. The first-order chi connectivity index (χ1) is 11.3. The number of carbonyl (C=O) groups is 2. The zero-order valence-corrected chi connectivity index (χ0v) is 14.7. The topological polar surface area (TPSA) is 82.8 Å². The molecule has 134 valence electrons. The molecule has 2 amide bonds. The highest BCUT2D eigenvalue weighted by molar-refractivity contribution is 5.95. The van der Waals surface area contributed by atoms with E-state index < -0.39 is 6.04 Å². The Labute approximate surface area is 143 Å².